The molecule has 4 amide bonds. The van der Waals surface area contributed by atoms with Crippen LogP contribution in [0.1, 0.15) is 76.4 Å². The average molecular weight is 733 g/mol. The van der Waals surface area contributed by atoms with Gasteiger partial charge in [0, 0.05) is 32.7 Å². The number of nitrogens with zero attached hydrogens (tertiary/aromatic N) is 1. The molecule has 0 aliphatic carbocycles. The normalized spacial score (nSPS) is 15.9. The van der Waals surface area contributed by atoms with Crippen molar-refractivity contribution in [3.63, 3.8) is 0 Å². The van der Waals surface area contributed by atoms with Gasteiger partial charge in [-0.05, 0) is 89.6 Å². The standard InChI is InChI=1S/C43H44N2O9/c1-2-35(29-8-4-3-5-9-29)40(30-10-14-32(46)15-11-30)31-12-16-33(17-13-31)54-27-26-52-23-6-22-51-24-7-25-53-34-18-19-36-37(28-34)43(50)45(42(36)49)38-20-21-39(47)44-41(38)48/h3-5,8-19,28,38,46H,2,6-7,20-27H2,1H3,(H,44,47,48). The summed E-state index contributed by atoms with van der Waals surface area (Å²) in [6.07, 6.45) is 2.37. The molecule has 4 aromatic rings. The number of rotatable bonds is 18. The Hall–Kier alpha value is -5.78. The number of imide groups is 2. The van der Waals surface area contributed by atoms with Crippen LogP contribution in [0.25, 0.3) is 11.1 Å². The van der Waals surface area contributed by atoms with Gasteiger partial charge in [0.1, 0.15) is 29.9 Å². The van der Waals surface area contributed by atoms with Gasteiger partial charge in [-0.25, -0.2) is 0 Å². The second-order valence-corrected chi connectivity index (χ2v) is 12.9. The number of ether oxygens (including phenoxy) is 4. The lowest BCUT2D eigenvalue weighted by molar-refractivity contribution is -0.136. The fourth-order valence-electron chi connectivity index (χ4n) is 6.60. The number of hydrogen-bond acceptors (Lipinski definition) is 9. The third-order valence-corrected chi connectivity index (χ3v) is 9.26. The van der Waals surface area contributed by atoms with E-state index in [2.05, 4.69) is 36.5 Å². The highest BCUT2D eigenvalue weighted by Gasteiger charge is 2.44. The van der Waals surface area contributed by atoms with E-state index in [9.17, 15) is 24.3 Å². The average Bonchev–Trinajstić information content (AvgIpc) is 3.43. The number of aromatic hydroxyl groups is 1. The maximum Gasteiger partial charge on any atom is 0.262 e. The maximum atomic E-state index is 13.0. The second kappa shape index (κ2) is 18.3. The van der Waals surface area contributed by atoms with Crippen LogP contribution in [0.2, 0.25) is 0 Å². The van der Waals surface area contributed by atoms with Gasteiger partial charge in [0.25, 0.3) is 11.8 Å². The van der Waals surface area contributed by atoms with E-state index in [1.807, 2.05) is 42.5 Å². The number of phenolic OH excluding ortho intramolecular Hbond substituents is 1. The molecule has 1 atom stereocenters. The molecule has 0 bridgehead atoms. The minimum absolute atomic E-state index is 0.0684. The molecule has 4 aromatic carbocycles. The predicted molar refractivity (Wildman–Crippen MR) is 202 cm³/mol. The fourth-order valence-corrected chi connectivity index (χ4v) is 6.60. The van der Waals surface area contributed by atoms with E-state index < -0.39 is 29.7 Å². The Morgan fingerprint density at radius 2 is 1.30 bits per heavy atom. The molecule has 2 heterocycles. The Bertz CT molecular complexity index is 1970. The van der Waals surface area contributed by atoms with Crippen molar-refractivity contribution in [3.8, 4) is 17.2 Å². The van der Waals surface area contributed by atoms with E-state index in [-0.39, 0.29) is 29.7 Å². The molecule has 2 aliphatic rings. The van der Waals surface area contributed by atoms with Crippen molar-refractivity contribution in [1.29, 1.82) is 0 Å². The van der Waals surface area contributed by atoms with E-state index in [1.165, 1.54) is 17.7 Å². The molecule has 280 valence electrons. The van der Waals surface area contributed by atoms with E-state index in [0.717, 1.165) is 45.8 Å². The van der Waals surface area contributed by atoms with Crippen LogP contribution >= 0.6 is 0 Å². The summed E-state index contributed by atoms with van der Waals surface area (Å²) in [6, 6.07) is 29.4. The predicted octanol–water partition coefficient (Wildman–Crippen LogP) is 6.43. The van der Waals surface area contributed by atoms with Crippen LogP contribution in [0, 0.1) is 0 Å². The number of piperidine rings is 1. The van der Waals surface area contributed by atoms with E-state index >= 15 is 0 Å². The summed E-state index contributed by atoms with van der Waals surface area (Å²) in [5.41, 5.74) is 5.98. The van der Waals surface area contributed by atoms with Crippen molar-refractivity contribution in [3.05, 3.63) is 125 Å². The molecule has 1 fully saturated rings. The molecular formula is C43H44N2O9. The molecular weight excluding hydrogens is 688 g/mol. The minimum Gasteiger partial charge on any atom is -0.508 e. The van der Waals surface area contributed by atoms with Gasteiger partial charge < -0.3 is 24.1 Å². The van der Waals surface area contributed by atoms with Crippen LogP contribution in [0.4, 0.5) is 0 Å². The summed E-state index contributed by atoms with van der Waals surface area (Å²) in [6.45, 7) is 4.93. The molecule has 0 saturated carbocycles. The molecule has 1 unspecified atom stereocenters. The SMILES string of the molecule is CCC(=C(c1ccc(O)cc1)c1ccc(OCCOCCCOCCCOc2ccc3c(c2)C(=O)N(C2CCC(=O)NC2=O)C3=O)cc1)c1ccccc1. The van der Waals surface area contributed by atoms with Gasteiger partial charge in [-0.15, -0.1) is 0 Å². The number of carbonyl (C=O) groups is 4. The lowest BCUT2D eigenvalue weighted by atomic mass is 9.88. The summed E-state index contributed by atoms with van der Waals surface area (Å²) in [5.74, 6) is -0.749. The van der Waals surface area contributed by atoms with Crippen molar-refractivity contribution in [1.82, 2.24) is 10.2 Å². The van der Waals surface area contributed by atoms with Crippen LogP contribution in [-0.2, 0) is 19.1 Å². The molecule has 2 aliphatic heterocycles. The number of allylic oxidation sites excluding steroid dienone is 1. The minimum atomic E-state index is -1.00. The molecule has 11 heteroatoms. The van der Waals surface area contributed by atoms with Crippen LogP contribution in [0.15, 0.2) is 97.1 Å². The van der Waals surface area contributed by atoms with Gasteiger partial charge in [0.2, 0.25) is 11.8 Å². The highest BCUT2D eigenvalue weighted by Crippen LogP contribution is 2.36. The summed E-state index contributed by atoms with van der Waals surface area (Å²) in [5, 5.41) is 12.1. The lowest BCUT2D eigenvalue weighted by Gasteiger charge is -2.27. The quantitative estimate of drug-likeness (QED) is 0.0673. The topological polar surface area (TPSA) is 141 Å². The number of benzene rings is 4. The van der Waals surface area contributed by atoms with E-state index in [1.54, 1.807) is 18.2 Å². The molecule has 1 saturated heterocycles. The van der Waals surface area contributed by atoms with Gasteiger partial charge in [-0.2, -0.15) is 0 Å². The first kappa shape index (κ1) is 38.0. The summed E-state index contributed by atoms with van der Waals surface area (Å²) in [7, 11) is 0. The monoisotopic (exact) mass is 732 g/mol. The highest BCUT2D eigenvalue weighted by molar-refractivity contribution is 6.23. The van der Waals surface area contributed by atoms with Crippen molar-refractivity contribution < 1.29 is 43.2 Å². The van der Waals surface area contributed by atoms with Crippen molar-refractivity contribution >= 4 is 34.8 Å². The molecule has 0 aromatic heterocycles. The second-order valence-electron chi connectivity index (χ2n) is 12.9. The number of carbonyl (C=O) groups excluding carboxylic acids is 4. The van der Waals surface area contributed by atoms with Crippen LogP contribution < -0.4 is 14.8 Å². The lowest BCUT2D eigenvalue weighted by Crippen LogP contribution is -2.54. The van der Waals surface area contributed by atoms with Gasteiger partial charge in [0.05, 0.1) is 24.3 Å². The zero-order valence-corrected chi connectivity index (χ0v) is 30.3. The zero-order chi connectivity index (χ0) is 37.9. The zero-order valence-electron chi connectivity index (χ0n) is 30.3. The third-order valence-electron chi connectivity index (χ3n) is 9.26. The Morgan fingerprint density at radius 3 is 1.98 bits per heavy atom. The summed E-state index contributed by atoms with van der Waals surface area (Å²) >= 11 is 0. The summed E-state index contributed by atoms with van der Waals surface area (Å²) < 4.78 is 23.1. The first-order valence-corrected chi connectivity index (χ1v) is 18.3. The Kier molecular flexibility index (Phi) is 12.9. The molecule has 2 N–H and O–H groups in total. The van der Waals surface area contributed by atoms with Gasteiger partial charge in [-0.3, -0.25) is 29.4 Å². The number of phenols is 1. The van der Waals surface area contributed by atoms with Crippen LogP contribution in [-0.4, -0.2) is 79.3 Å². The molecule has 11 nitrogen and oxygen atoms in total. The Balaban J connectivity index is 0.865. The number of hydrogen-bond donors (Lipinski definition) is 2. The number of amides is 4. The van der Waals surface area contributed by atoms with Gasteiger partial charge in [0.15, 0.2) is 0 Å². The first-order valence-electron chi connectivity index (χ1n) is 18.3. The van der Waals surface area contributed by atoms with Crippen molar-refractivity contribution in [2.45, 2.75) is 45.1 Å². The van der Waals surface area contributed by atoms with Crippen LogP contribution in [0.5, 0.6) is 17.2 Å². The smallest absolute Gasteiger partial charge is 0.262 e. The Morgan fingerprint density at radius 1 is 0.685 bits per heavy atom. The van der Waals surface area contributed by atoms with Crippen molar-refractivity contribution in [2.24, 2.45) is 0 Å². The maximum absolute atomic E-state index is 13.0. The van der Waals surface area contributed by atoms with E-state index in [4.69, 9.17) is 18.9 Å². The van der Waals surface area contributed by atoms with Gasteiger partial charge in [-0.1, -0.05) is 61.5 Å². The number of nitrogens with one attached hydrogen (secondary N) is 1. The molecule has 54 heavy (non-hydrogen) atoms. The van der Waals surface area contributed by atoms with E-state index in [0.29, 0.717) is 51.8 Å². The molecule has 0 radical (unpaired) electrons. The molecule has 6 rings (SSSR count). The number of fused-ring (bicyclic) bond motifs is 1. The molecule has 0 spiro atoms. The van der Waals surface area contributed by atoms with Crippen LogP contribution in [0.3, 0.4) is 0 Å². The van der Waals surface area contributed by atoms with Crippen molar-refractivity contribution in [2.75, 3.05) is 39.6 Å². The fraction of sp³-hybridized carbons (Fsp3) is 0.302. The van der Waals surface area contributed by atoms with Gasteiger partial charge >= 0.3 is 0 Å². The highest BCUT2D eigenvalue weighted by atomic mass is 16.5. The largest absolute Gasteiger partial charge is 0.508 e. The third kappa shape index (κ3) is 9.22. The first-order chi connectivity index (χ1) is 26.3. The Labute approximate surface area is 314 Å². The summed E-state index contributed by atoms with van der Waals surface area (Å²) in [4.78, 5) is 50.5.